The summed E-state index contributed by atoms with van der Waals surface area (Å²) in [5, 5.41) is 2.75. The molecule has 0 aliphatic heterocycles. The summed E-state index contributed by atoms with van der Waals surface area (Å²) >= 11 is 5.90. The second kappa shape index (κ2) is 5.92. The number of amides is 1. The summed E-state index contributed by atoms with van der Waals surface area (Å²) < 4.78 is 38.4. The summed E-state index contributed by atoms with van der Waals surface area (Å²) in [5.41, 5.74) is 0.746. The van der Waals surface area contributed by atoms with Gasteiger partial charge in [0.1, 0.15) is 5.82 Å². The van der Waals surface area contributed by atoms with Gasteiger partial charge in [-0.1, -0.05) is 11.6 Å². The van der Waals surface area contributed by atoms with Gasteiger partial charge in [0.05, 0.1) is 16.0 Å². The number of halogens is 2. The number of benzene rings is 1. The summed E-state index contributed by atoms with van der Waals surface area (Å²) in [6.07, 6.45) is 4.15. The van der Waals surface area contributed by atoms with Crippen molar-refractivity contribution in [2.24, 2.45) is 0 Å². The number of sulfone groups is 1. The Morgan fingerprint density at radius 2 is 2.00 bits per heavy atom. The SMILES string of the molecule is CS(=O)(=O)c1cc(Cl)cc(NC(=O)c2cc3c(F)cccn3c2)c1. The summed E-state index contributed by atoms with van der Waals surface area (Å²) in [7, 11) is -3.46. The van der Waals surface area contributed by atoms with Gasteiger partial charge < -0.3 is 9.72 Å². The molecule has 0 saturated carbocycles. The standard InChI is InChI=1S/C16H12ClFN2O3S/c1-24(22,23)13-7-11(17)6-12(8-13)19-16(21)10-5-15-14(18)3-2-4-20(15)9-10/h2-9H,1H3,(H,19,21). The van der Waals surface area contributed by atoms with E-state index in [4.69, 9.17) is 11.6 Å². The van der Waals surface area contributed by atoms with Gasteiger partial charge >= 0.3 is 0 Å². The fourth-order valence-electron chi connectivity index (χ4n) is 2.28. The summed E-state index contributed by atoms with van der Waals surface area (Å²) in [5.74, 6) is -0.946. The van der Waals surface area contributed by atoms with E-state index in [-0.39, 0.29) is 26.7 Å². The Hall–Kier alpha value is -2.38. The molecule has 2 aromatic heterocycles. The number of fused-ring (bicyclic) bond motifs is 1. The molecule has 0 fully saturated rings. The highest BCUT2D eigenvalue weighted by atomic mass is 35.5. The highest BCUT2D eigenvalue weighted by Gasteiger charge is 2.14. The smallest absolute Gasteiger partial charge is 0.257 e. The van der Waals surface area contributed by atoms with Crippen molar-refractivity contribution < 1.29 is 17.6 Å². The lowest BCUT2D eigenvalue weighted by Gasteiger charge is -2.07. The normalized spacial score (nSPS) is 11.6. The number of nitrogens with zero attached hydrogens (tertiary/aromatic N) is 1. The predicted octanol–water partition coefficient (Wildman–Crippen LogP) is 3.39. The number of nitrogens with one attached hydrogen (secondary N) is 1. The molecule has 3 rings (SSSR count). The molecular weight excluding hydrogens is 355 g/mol. The molecule has 0 saturated heterocycles. The van der Waals surface area contributed by atoms with Crippen LogP contribution in [-0.2, 0) is 9.84 Å². The van der Waals surface area contributed by atoms with E-state index in [1.807, 2.05) is 0 Å². The molecule has 5 nitrogen and oxygen atoms in total. The maximum absolute atomic E-state index is 13.7. The molecule has 24 heavy (non-hydrogen) atoms. The van der Waals surface area contributed by atoms with Crippen LogP contribution >= 0.6 is 11.6 Å². The Bertz CT molecular complexity index is 1060. The second-order valence-electron chi connectivity index (χ2n) is 5.28. The quantitative estimate of drug-likeness (QED) is 0.772. The Kier molecular flexibility index (Phi) is 4.06. The van der Waals surface area contributed by atoms with Crippen molar-refractivity contribution in [2.75, 3.05) is 11.6 Å². The van der Waals surface area contributed by atoms with Crippen LogP contribution in [0.25, 0.3) is 5.52 Å². The van der Waals surface area contributed by atoms with Crippen LogP contribution in [0.15, 0.2) is 53.7 Å². The topological polar surface area (TPSA) is 67.7 Å². The molecule has 0 unspecified atom stereocenters. The van der Waals surface area contributed by atoms with Gasteiger partial charge in [0.15, 0.2) is 9.84 Å². The fraction of sp³-hybridized carbons (Fsp3) is 0.0625. The van der Waals surface area contributed by atoms with E-state index in [0.29, 0.717) is 0 Å². The zero-order valence-electron chi connectivity index (χ0n) is 12.5. The zero-order chi connectivity index (χ0) is 17.5. The molecular formula is C16H12ClFN2O3S. The maximum Gasteiger partial charge on any atom is 0.257 e. The fourth-order valence-corrected chi connectivity index (χ4v) is 3.26. The first-order valence-electron chi connectivity index (χ1n) is 6.82. The number of carbonyl (C=O) groups excluding carboxylic acids is 1. The molecule has 0 aliphatic carbocycles. The van der Waals surface area contributed by atoms with Gasteiger partial charge in [0.2, 0.25) is 0 Å². The van der Waals surface area contributed by atoms with Crippen LogP contribution in [0.2, 0.25) is 5.02 Å². The lowest BCUT2D eigenvalue weighted by molar-refractivity contribution is 0.102. The largest absolute Gasteiger partial charge is 0.322 e. The molecule has 0 aliphatic rings. The molecule has 2 heterocycles. The van der Waals surface area contributed by atoms with Crippen molar-refractivity contribution in [2.45, 2.75) is 4.90 Å². The van der Waals surface area contributed by atoms with Gasteiger partial charge in [-0.3, -0.25) is 4.79 Å². The molecule has 0 radical (unpaired) electrons. The van der Waals surface area contributed by atoms with E-state index >= 15 is 0 Å². The van der Waals surface area contributed by atoms with Gasteiger partial charge in [-0.2, -0.15) is 0 Å². The molecule has 3 aromatic rings. The molecule has 1 aromatic carbocycles. The lowest BCUT2D eigenvalue weighted by Crippen LogP contribution is -2.11. The molecule has 0 atom stereocenters. The minimum absolute atomic E-state index is 0.00149. The Labute approximate surface area is 142 Å². The first-order chi connectivity index (χ1) is 11.2. The van der Waals surface area contributed by atoms with Crippen molar-refractivity contribution in [1.82, 2.24) is 4.40 Å². The third-order valence-electron chi connectivity index (χ3n) is 3.40. The van der Waals surface area contributed by atoms with Gasteiger partial charge in [-0.05, 0) is 36.4 Å². The Morgan fingerprint density at radius 3 is 2.67 bits per heavy atom. The van der Waals surface area contributed by atoms with Crippen LogP contribution in [0.4, 0.5) is 10.1 Å². The monoisotopic (exact) mass is 366 g/mol. The van der Waals surface area contributed by atoms with Crippen LogP contribution in [0, 0.1) is 5.82 Å². The number of hydrogen-bond acceptors (Lipinski definition) is 3. The van der Waals surface area contributed by atoms with E-state index in [1.54, 1.807) is 6.20 Å². The molecule has 1 amide bonds. The molecule has 124 valence electrons. The minimum atomic E-state index is -3.46. The number of carbonyl (C=O) groups is 1. The van der Waals surface area contributed by atoms with Gasteiger partial charge in [0.25, 0.3) is 5.91 Å². The number of rotatable bonds is 3. The molecule has 1 N–H and O–H groups in total. The summed E-state index contributed by atoms with van der Waals surface area (Å²) in [6, 6.07) is 8.28. The van der Waals surface area contributed by atoms with Crippen molar-refractivity contribution >= 4 is 38.5 Å². The lowest BCUT2D eigenvalue weighted by atomic mass is 10.2. The van der Waals surface area contributed by atoms with Crippen LogP contribution in [-0.4, -0.2) is 25.0 Å². The molecule has 0 spiro atoms. The number of anilines is 1. The summed E-state index contributed by atoms with van der Waals surface area (Å²) in [4.78, 5) is 12.3. The van der Waals surface area contributed by atoms with Crippen LogP contribution in [0.3, 0.4) is 0 Å². The van der Waals surface area contributed by atoms with Gasteiger partial charge in [-0.25, -0.2) is 12.8 Å². The average molecular weight is 367 g/mol. The van der Waals surface area contributed by atoms with Crippen molar-refractivity contribution in [3.8, 4) is 0 Å². The second-order valence-corrected chi connectivity index (χ2v) is 7.73. The van der Waals surface area contributed by atoms with Crippen molar-refractivity contribution in [3.63, 3.8) is 0 Å². The molecule has 0 bridgehead atoms. The third kappa shape index (κ3) is 3.27. The van der Waals surface area contributed by atoms with Crippen LogP contribution < -0.4 is 5.32 Å². The van der Waals surface area contributed by atoms with Crippen molar-refractivity contribution in [1.29, 1.82) is 0 Å². The average Bonchev–Trinajstić information content (AvgIpc) is 2.91. The van der Waals surface area contributed by atoms with Crippen LogP contribution in [0.1, 0.15) is 10.4 Å². The highest BCUT2D eigenvalue weighted by Crippen LogP contribution is 2.23. The van der Waals surface area contributed by atoms with Gasteiger partial charge in [-0.15, -0.1) is 0 Å². The van der Waals surface area contributed by atoms with E-state index < -0.39 is 21.6 Å². The Balaban J connectivity index is 1.94. The number of aromatic nitrogens is 1. The number of hydrogen-bond donors (Lipinski definition) is 1. The van der Waals surface area contributed by atoms with E-state index in [1.165, 1.54) is 47.0 Å². The molecule has 8 heteroatoms. The maximum atomic E-state index is 13.7. The van der Waals surface area contributed by atoms with E-state index in [2.05, 4.69) is 5.32 Å². The minimum Gasteiger partial charge on any atom is -0.322 e. The first kappa shape index (κ1) is 16.5. The van der Waals surface area contributed by atoms with Gasteiger partial charge in [0, 0.05) is 29.4 Å². The van der Waals surface area contributed by atoms with Crippen LogP contribution in [0.5, 0.6) is 0 Å². The predicted molar refractivity (Wildman–Crippen MR) is 89.9 cm³/mol. The zero-order valence-corrected chi connectivity index (χ0v) is 14.0. The number of pyridine rings is 1. The van der Waals surface area contributed by atoms with E-state index in [9.17, 15) is 17.6 Å². The van der Waals surface area contributed by atoms with Crippen molar-refractivity contribution in [3.05, 3.63) is 65.2 Å². The third-order valence-corrected chi connectivity index (χ3v) is 4.71. The Morgan fingerprint density at radius 1 is 1.25 bits per heavy atom. The first-order valence-corrected chi connectivity index (χ1v) is 9.09. The summed E-state index contributed by atoms with van der Waals surface area (Å²) in [6.45, 7) is 0. The van der Waals surface area contributed by atoms with E-state index in [0.717, 1.165) is 6.26 Å². The highest BCUT2D eigenvalue weighted by molar-refractivity contribution is 7.90.